The fourth-order valence-corrected chi connectivity index (χ4v) is 3.86. The van der Waals surface area contributed by atoms with Crippen molar-refractivity contribution in [2.75, 3.05) is 44.4 Å². The number of anilines is 1. The Kier molecular flexibility index (Phi) is 6.03. The van der Waals surface area contributed by atoms with Gasteiger partial charge in [-0.3, -0.25) is 4.57 Å². The summed E-state index contributed by atoms with van der Waals surface area (Å²) in [6.45, 7) is 10.6. The van der Waals surface area contributed by atoms with Crippen molar-refractivity contribution in [2.24, 2.45) is 0 Å². The van der Waals surface area contributed by atoms with E-state index in [-0.39, 0.29) is 24.6 Å². The second-order valence-corrected chi connectivity index (χ2v) is 7.20. The maximum atomic E-state index is 13.1. The molecule has 2 heterocycles. The predicted molar refractivity (Wildman–Crippen MR) is 84.1 cm³/mol. The normalized spacial score (nSPS) is 16.5. The summed E-state index contributed by atoms with van der Waals surface area (Å²) in [5, 5.41) is 0. The molecular weight excluding hydrogens is 307 g/mol. The number of rotatable bonds is 7. The average Bonchev–Trinajstić information content (AvgIpc) is 2.95. The lowest BCUT2D eigenvalue weighted by Gasteiger charge is -2.27. The minimum absolute atomic E-state index is 0.0882. The Morgan fingerprint density at radius 2 is 1.82 bits per heavy atom. The third-order valence-electron chi connectivity index (χ3n) is 3.26. The molecular formula is C14H25N2O5P. The van der Waals surface area contributed by atoms with Gasteiger partial charge in [0, 0.05) is 19.0 Å². The van der Waals surface area contributed by atoms with Crippen LogP contribution in [0.5, 0.6) is 0 Å². The van der Waals surface area contributed by atoms with E-state index in [0.29, 0.717) is 38.1 Å². The van der Waals surface area contributed by atoms with Crippen LogP contribution < -0.4 is 10.3 Å². The van der Waals surface area contributed by atoms with E-state index in [1.54, 1.807) is 13.8 Å². The fourth-order valence-electron chi connectivity index (χ4n) is 2.22. The lowest BCUT2D eigenvalue weighted by atomic mass is 10.2. The van der Waals surface area contributed by atoms with Gasteiger partial charge in [-0.05, 0) is 13.8 Å². The molecule has 0 bridgehead atoms. The maximum absolute atomic E-state index is 13.1. The molecule has 1 aliphatic rings. The topological polar surface area (TPSA) is 74.0 Å². The third kappa shape index (κ3) is 3.71. The highest BCUT2D eigenvalue weighted by atomic mass is 31.2. The van der Waals surface area contributed by atoms with Gasteiger partial charge in [0.2, 0.25) is 11.3 Å². The van der Waals surface area contributed by atoms with Gasteiger partial charge in [0.15, 0.2) is 5.89 Å². The van der Waals surface area contributed by atoms with E-state index < -0.39 is 7.60 Å². The molecule has 0 atom stereocenters. The SMILES string of the molecule is CCOP(=O)(OCC)c1nc(C(C)C)oc1N1CCOCC1. The molecule has 1 aliphatic heterocycles. The Hall–Kier alpha value is -0.880. The second-order valence-electron chi connectivity index (χ2n) is 5.27. The van der Waals surface area contributed by atoms with Crippen molar-refractivity contribution in [3.8, 4) is 0 Å². The summed E-state index contributed by atoms with van der Waals surface area (Å²) in [7, 11) is -3.48. The van der Waals surface area contributed by atoms with E-state index in [4.69, 9.17) is 18.2 Å². The zero-order valence-corrected chi connectivity index (χ0v) is 14.6. The predicted octanol–water partition coefficient (Wildman–Crippen LogP) is 2.53. The zero-order valence-electron chi connectivity index (χ0n) is 13.7. The number of aromatic nitrogens is 1. The van der Waals surface area contributed by atoms with Crippen LogP contribution in [0.1, 0.15) is 39.5 Å². The van der Waals surface area contributed by atoms with Crippen LogP contribution in [0.15, 0.2) is 4.42 Å². The van der Waals surface area contributed by atoms with Crippen LogP contribution in [0.4, 0.5) is 5.88 Å². The summed E-state index contributed by atoms with van der Waals surface area (Å²) in [5.41, 5.74) is 0.279. The standard InChI is InChI=1S/C14H25N2O5P/c1-5-19-22(17,20-6-2)13-14(16-7-9-18-10-8-16)21-12(15-13)11(3)4/h11H,5-10H2,1-4H3. The van der Waals surface area contributed by atoms with E-state index in [1.807, 2.05) is 18.7 Å². The molecule has 0 N–H and O–H groups in total. The van der Waals surface area contributed by atoms with Crippen molar-refractivity contribution in [1.29, 1.82) is 0 Å². The van der Waals surface area contributed by atoms with Crippen molar-refractivity contribution in [3.63, 3.8) is 0 Å². The van der Waals surface area contributed by atoms with Crippen LogP contribution >= 0.6 is 7.60 Å². The van der Waals surface area contributed by atoms with Crippen molar-refractivity contribution in [1.82, 2.24) is 4.98 Å². The molecule has 1 saturated heterocycles. The van der Waals surface area contributed by atoms with Crippen LogP contribution in [0.3, 0.4) is 0 Å². The number of hydrogen-bond donors (Lipinski definition) is 0. The summed E-state index contributed by atoms with van der Waals surface area (Å²) in [4.78, 5) is 6.42. The molecule has 22 heavy (non-hydrogen) atoms. The molecule has 0 spiro atoms. The minimum Gasteiger partial charge on any atom is -0.424 e. The molecule has 7 nitrogen and oxygen atoms in total. The highest BCUT2D eigenvalue weighted by molar-refractivity contribution is 7.62. The lowest BCUT2D eigenvalue weighted by Crippen LogP contribution is -2.38. The Bertz CT molecular complexity index is 515. The van der Waals surface area contributed by atoms with Crippen molar-refractivity contribution >= 4 is 18.9 Å². The lowest BCUT2D eigenvalue weighted by molar-refractivity contribution is 0.120. The highest BCUT2D eigenvalue weighted by Gasteiger charge is 2.38. The van der Waals surface area contributed by atoms with Crippen molar-refractivity contribution < 1.29 is 22.8 Å². The van der Waals surface area contributed by atoms with Gasteiger partial charge >= 0.3 is 7.60 Å². The van der Waals surface area contributed by atoms with Gasteiger partial charge in [-0.1, -0.05) is 13.8 Å². The number of oxazole rings is 1. The van der Waals surface area contributed by atoms with Gasteiger partial charge in [-0.25, -0.2) is 4.98 Å². The fraction of sp³-hybridized carbons (Fsp3) is 0.786. The molecule has 0 aromatic carbocycles. The average molecular weight is 332 g/mol. The van der Waals surface area contributed by atoms with E-state index in [9.17, 15) is 4.57 Å². The molecule has 0 unspecified atom stereocenters. The second kappa shape index (κ2) is 7.59. The van der Waals surface area contributed by atoms with Gasteiger partial charge in [0.05, 0.1) is 26.4 Å². The molecule has 0 saturated carbocycles. The maximum Gasteiger partial charge on any atom is 0.385 e. The van der Waals surface area contributed by atoms with Crippen LogP contribution in [0.2, 0.25) is 0 Å². The van der Waals surface area contributed by atoms with Gasteiger partial charge in [0.25, 0.3) is 0 Å². The first-order chi connectivity index (χ1) is 10.5. The summed E-state index contributed by atoms with van der Waals surface area (Å²) in [6, 6.07) is 0. The zero-order chi connectivity index (χ0) is 16.2. The van der Waals surface area contributed by atoms with E-state index in [0.717, 1.165) is 0 Å². The molecule has 2 rings (SSSR count). The van der Waals surface area contributed by atoms with Crippen LogP contribution in [-0.4, -0.2) is 44.5 Å². The Balaban J connectivity index is 2.44. The van der Waals surface area contributed by atoms with Crippen molar-refractivity contribution in [3.05, 3.63) is 5.89 Å². The number of ether oxygens (including phenoxy) is 1. The number of hydrogen-bond acceptors (Lipinski definition) is 7. The largest absolute Gasteiger partial charge is 0.424 e. The first-order valence-electron chi connectivity index (χ1n) is 7.75. The first-order valence-corrected chi connectivity index (χ1v) is 9.29. The molecule has 0 aliphatic carbocycles. The first kappa shape index (κ1) is 17.5. The Labute approximate surface area is 131 Å². The molecule has 0 amide bonds. The molecule has 1 aromatic heterocycles. The van der Waals surface area contributed by atoms with E-state index in [2.05, 4.69) is 4.98 Å². The third-order valence-corrected chi connectivity index (χ3v) is 5.26. The smallest absolute Gasteiger partial charge is 0.385 e. The Morgan fingerprint density at radius 3 is 2.32 bits per heavy atom. The van der Waals surface area contributed by atoms with Crippen LogP contribution in [0.25, 0.3) is 0 Å². The van der Waals surface area contributed by atoms with Crippen LogP contribution in [-0.2, 0) is 18.3 Å². The van der Waals surface area contributed by atoms with Crippen molar-refractivity contribution in [2.45, 2.75) is 33.6 Å². The van der Waals surface area contributed by atoms with E-state index in [1.165, 1.54) is 0 Å². The number of nitrogens with zero attached hydrogens (tertiary/aromatic N) is 2. The van der Waals surface area contributed by atoms with Crippen LogP contribution in [0, 0.1) is 0 Å². The summed E-state index contributed by atoms with van der Waals surface area (Å²) in [5.74, 6) is 1.11. The Morgan fingerprint density at radius 1 is 1.23 bits per heavy atom. The molecule has 8 heteroatoms. The molecule has 0 radical (unpaired) electrons. The molecule has 126 valence electrons. The van der Waals surface area contributed by atoms with Gasteiger partial charge in [-0.2, -0.15) is 0 Å². The summed E-state index contributed by atoms with van der Waals surface area (Å²) >= 11 is 0. The highest BCUT2D eigenvalue weighted by Crippen LogP contribution is 2.49. The molecule has 1 fully saturated rings. The van der Waals surface area contributed by atoms with Gasteiger partial charge in [-0.15, -0.1) is 0 Å². The number of morpholine rings is 1. The minimum atomic E-state index is -3.48. The molecule has 1 aromatic rings. The summed E-state index contributed by atoms with van der Waals surface area (Å²) in [6.07, 6.45) is 0. The summed E-state index contributed by atoms with van der Waals surface area (Å²) < 4.78 is 35.2. The van der Waals surface area contributed by atoms with Gasteiger partial charge < -0.3 is 23.1 Å². The van der Waals surface area contributed by atoms with Gasteiger partial charge in [0.1, 0.15) is 0 Å². The monoisotopic (exact) mass is 332 g/mol. The van der Waals surface area contributed by atoms with E-state index >= 15 is 0 Å². The quantitative estimate of drug-likeness (QED) is 0.710.